The molecule has 0 aliphatic carbocycles. The summed E-state index contributed by atoms with van der Waals surface area (Å²) in [5.41, 5.74) is 2.45. The van der Waals surface area contributed by atoms with Crippen LogP contribution in [0.5, 0.6) is 0 Å². The zero-order valence-electron chi connectivity index (χ0n) is 11.4. The smallest absolute Gasteiger partial charge is 0.0705 e. The molecule has 1 aromatic carbocycles. The van der Waals surface area contributed by atoms with Gasteiger partial charge in [-0.2, -0.15) is 0 Å². The molecule has 3 atom stereocenters. The Hall–Kier alpha value is -1.41. The van der Waals surface area contributed by atoms with Gasteiger partial charge in [-0.05, 0) is 44.9 Å². The molecule has 3 heterocycles. The highest BCUT2D eigenvalue weighted by molar-refractivity contribution is 5.78. The number of nitrogens with zero attached hydrogens (tertiary/aromatic N) is 2. The molecule has 2 aliphatic heterocycles. The molecule has 2 aliphatic rings. The zero-order valence-corrected chi connectivity index (χ0v) is 11.4. The Morgan fingerprint density at radius 1 is 1.00 bits per heavy atom. The molecule has 0 spiro atoms. The lowest BCUT2D eigenvalue weighted by Crippen LogP contribution is -2.39. The summed E-state index contributed by atoms with van der Waals surface area (Å²) in [5, 5.41) is 1.25. The highest BCUT2D eigenvalue weighted by Crippen LogP contribution is 2.41. The van der Waals surface area contributed by atoms with E-state index >= 15 is 0 Å². The van der Waals surface area contributed by atoms with Gasteiger partial charge in [0.15, 0.2) is 0 Å². The summed E-state index contributed by atoms with van der Waals surface area (Å²) in [6, 6.07) is 14.5. The van der Waals surface area contributed by atoms with Gasteiger partial charge in [0.2, 0.25) is 0 Å². The van der Waals surface area contributed by atoms with Gasteiger partial charge in [0, 0.05) is 29.1 Å². The minimum absolute atomic E-state index is 0.665. The molecule has 2 saturated heterocycles. The number of aromatic nitrogens is 1. The number of pyridine rings is 1. The van der Waals surface area contributed by atoms with Crippen molar-refractivity contribution in [1.29, 1.82) is 0 Å². The van der Waals surface area contributed by atoms with Gasteiger partial charge in [-0.3, -0.25) is 4.98 Å². The number of hydrogen-bond acceptors (Lipinski definition) is 2. The van der Waals surface area contributed by atoms with Crippen LogP contribution in [-0.4, -0.2) is 29.0 Å². The maximum Gasteiger partial charge on any atom is 0.0705 e. The summed E-state index contributed by atoms with van der Waals surface area (Å²) in [5.74, 6) is 0.665. The summed E-state index contributed by atoms with van der Waals surface area (Å²) < 4.78 is 0. The number of fused-ring (bicyclic) bond motifs is 3. The minimum atomic E-state index is 0.665. The van der Waals surface area contributed by atoms with Crippen molar-refractivity contribution in [2.24, 2.45) is 0 Å². The Morgan fingerprint density at radius 2 is 1.74 bits per heavy atom. The molecule has 19 heavy (non-hydrogen) atoms. The third kappa shape index (κ3) is 1.86. The van der Waals surface area contributed by atoms with Crippen molar-refractivity contribution < 1.29 is 0 Å². The van der Waals surface area contributed by atoms with E-state index in [2.05, 4.69) is 48.3 Å². The molecule has 2 bridgehead atoms. The molecule has 2 fully saturated rings. The van der Waals surface area contributed by atoms with Crippen LogP contribution in [-0.2, 0) is 0 Å². The van der Waals surface area contributed by atoms with E-state index in [0.717, 1.165) is 17.6 Å². The first-order valence-corrected chi connectivity index (χ1v) is 7.39. The quantitative estimate of drug-likeness (QED) is 0.771. The van der Waals surface area contributed by atoms with Gasteiger partial charge in [0.25, 0.3) is 0 Å². The average molecular weight is 252 g/mol. The third-order valence-corrected chi connectivity index (χ3v) is 5.14. The summed E-state index contributed by atoms with van der Waals surface area (Å²) >= 11 is 0. The first kappa shape index (κ1) is 11.4. The Morgan fingerprint density at radius 3 is 2.53 bits per heavy atom. The van der Waals surface area contributed by atoms with Gasteiger partial charge in [-0.15, -0.1) is 0 Å². The summed E-state index contributed by atoms with van der Waals surface area (Å²) in [6.45, 7) is 0. The molecular weight excluding hydrogens is 232 g/mol. The van der Waals surface area contributed by atoms with Gasteiger partial charge in [-0.25, -0.2) is 0 Å². The van der Waals surface area contributed by atoms with Gasteiger partial charge in [0.1, 0.15) is 0 Å². The Kier molecular flexibility index (Phi) is 2.59. The van der Waals surface area contributed by atoms with E-state index in [1.54, 1.807) is 0 Å². The number of rotatable bonds is 1. The second kappa shape index (κ2) is 4.31. The summed E-state index contributed by atoms with van der Waals surface area (Å²) in [7, 11) is 2.30. The Labute approximate surface area is 114 Å². The predicted octanol–water partition coefficient (Wildman–Crippen LogP) is 3.58. The van der Waals surface area contributed by atoms with Crippen molar-refractivity contribution in [3.05, 3.63) is 42.1 Å². The zero-order chi connectivity index (χ0) is 12.8. The van der Waals surface area contributed by atoms with Gasteiger partial charge in [0.05, 0.1) is 5.52 Å². The number of hydrogen-bond donors (Lipinski definition) is 0. The van der Waals surface area contributed by atoms with Crippen LogP contribution in [0.1, 0.15) is 37.3 Å². The van der Waals surface area contributed by atoms with Crippen molar-refractivity contribution in [1.82, 2.24) is 9.88 Å². The van der Waals surface area contributed by atoms with Crippen LogP contribution in [0.15, 0.2) is 36.4 Å². The lowest BCUT2D eigenvalue weighted by atomic mass is 9.88. The first-order valence-electron chi connectivity index (χ1n) is 7.39. The molecule has 98 valence electrons. The number of para-hydroxylation sites is 1. The van der Waals surface area contributed by atoms with E-state index in [4.69, 9.17) is 4.98 Å². The summed E-state index contributed by atoms with van der Waals surface area (Å²) in [4.78, 5) is 7.50. The van der Waals surface area contributed by atoms with E-state index < -0.39 is 0 Å². The fraction of sp³-hybridized carbons (Fsp3) is 0.471. The number of benzene rings is 1. The largest absolute Gasteiger partial charge is 0.300 e. The van der Waals surface area contributed by atoms with Crippen LogP contribution in [0, 0.1) is 0 Å². The van der Waals surface area contributed by atoms with Crippen molar-refractivity contribution in [2.75, 3.05) is 7.05 Å². The van der Waals surface area contributed by atoms with E-state index in [1.807, 2.05) is 0 Å². The van der Waals surface area contributed by atoms with Crippen LogP contribution >= 0.6 is 0 Å². The molecule has 2 heteroatoms. The fourth-order valence-corrected chi connectivity index (χ4v) is 3.96. The maximum atomic E-state index is 4.90. The highest BCUT2D eigenvalue weighted by atomic mass is 15.2. The van der Waals surface area contributed by atoms with Crippen LogP contribution in [0.3, 0.4) is 0 Å². The second-order valence-corrected chi connectivity index (χ2v) is 6.15. The molecule has 1 aromatic heterocycles. The molecule has 2 aromatic rings. The van der Waals surface area contributed by atoms with Crippen LogP contribution < -0.4 is 0 Å². The average Bonchev–Trinajstić information content (AvgIpc) is 2.68. The SMILES string of the molecule is CN1[C@@H]2CC[C@H]1CC(c1ccc3ccccc3n1)C2. The normalized spacial score (nSPS) is 30.9. The minimum Gasteiger partial charge on any atom is -0.300 e. The molecular formula is C17H20N2. The van der Waals surface area contributed by atoms with Crippen LogP contribution in [0.4, 0.5) is 0 Å². The first-order chi connectivity index (χ1) is 9.31. The van der Waals surface area contributed by atoms with E-state index in [-0.39, 0.29) is 0 Å². The molecule has 0 amide bonds. The van der Waals surface area contributed by atoms with Crippen LogP contribution in [0.25, 0.3) is 10.9 Å². The van der Waals surface area contributed by atoms with E-state index in [9.17, 15) is 0 Å². The van der Waals surface area contributed by atoms with Gasteiger partial charge >= 0.3 is 0 Å². The topological polar surface area (TPSA) is 16.1 Å². The molecule has 2 nitrogen and oxygen atoms in total. The Bertz CT molecular complexity index is 593. The standard InChI is InChI=1S/C17H20N2/c1-19-14-7-8-15(19)11-13(10-14)17-9-6-12-4-2-3-5-16(12)18-17/h2-6,9,13-15H,7-8,10-11H2,1H3/t13?,14-,15+. The van der Waals surface area contributed by atoms with Crippen molar-refractivity contribution in [2.45, 2.75) is 43.7 Å². The highest BCUT2D eigenvalue weighted by Gasteiger charge is 2.39. The lowest BCUT2D eigenvalue weighted by molar-refractivity contribution is 0.160. The molecule has 4 rings (SSSR count). The molecule has 0 N–H and O–H groups in total. The number of piperidine rings is 1. The molecule has 0 radical (unpaired) electrons. The van der Waals surface area contributed by atoms with Gasteiger partial charge in [-0.1, -0.05) is 24.3 Å². The Balaban J connectivity index is 1.68. The monoisotopic (exact) mass is 252 g/mol. The van der Waals surface area contributed by atoms with Crippen LogP contribution in [0.2, 0.25) is 0 Å². The maximum absolute atomic E-state index is 4.90. The van der Waals surface area contributed by atoms with Gasteiger partial charge < -0.3 is 4.90 Å². The predicted molar refractivity (Wildman–Crippen MR) is 78.3 cm³/mol. The van der Waals surface area contributed by atoms with Crippen molar-refractivity contribution in [3.8, 4) is 0 Å². The summed E-state index contributed by atoms with van der Waals surface area (Å²) in [6.07, 6.45) is 5.34. The van der Waals surface area contributed by atoms with E-state index in [0.29, 0.717) is 5.92 Å². The molecule has 1 unspecified atom stereocenters. The van der Waals surface area contributed by atoms with Crippen molar-refractivity contribution in [3.63, 3.8) is 0 Å². The lowest BCUT2D eigenvalue weighted by Gasteiger charge is -2.36. The second-order valence-electron chi connectivity index (χ2n) is 6.15. The molecule has 0 saturated carbocycles. The van der Waals surface area contributed by atoms with E-state index in [1.165, 1.54) is 36.8 Å². The fourth-order valence-electron chi connectivity index (χ4n) is 3.96. The van der Waals surface area contributed by atoms with Crippen molar-refractivity contribution >= 4 is 10.9 Å². The third-order valence-electron chi connectivity index (χ3n) is 5.14.